The molecular weight excluding hydrogens is 512 g/mol. The molecule has 1 aromatic heterocycles. The van der Waals surface area contributed by atoms with Crippen molar-refractivity contribution in [3.05, 3.63) is 64.0 Å². The quantitative estimate of drug-likeness (QED) is 0.321. The highest BCUT2D eigenvalue weighted by Crippen LogP contribution is 2.37. The summed E-state index contributed by atoms with van der Waals surface area (Å²) >= 11 is 1.41. The highest BCUT2D eigenvalue weighted by molar-refractivity contribution is 7.89. The van der Waals surface area contributed by atoms with Crippen molar-refractivity contribution in [2.45, 2.75) is 64.2 Å². The van der Waals surface area contributed by atoms with Crippen LogP contribution in [0, 0.1) is 11.6 Å². The molecule has 0 bridgehead atoms. The van der Waals surface area contributed by atoms with Crippen LogP contribution < -0.4 is 4.90 Å². The summed E-state index contributed by atoms with van der Waals surface area (Å²) in [6, 6.07) is 7.88. The Morgan fingerprint density at radius 3 is 1.95 bits per heavy atom. The van der Waals surface area contributed by atoms with Gasteiger partial charge in [-0.15, -0.1) is 11.3 Å². The van der Waals surface area contributed by atoms with Gasteiger partial charge in [0, 0.05) is 37.1 Å². The molecule has 0 aliphatic carbocycles. The first-order valence-corrected chi connectivity index (χ1v) is 15.1. The van der Waals surface area contributed by atoms with Crippen molar-refractivity contribution < 1.29 is 17.2 Å². The molecule has 0 saturated carbocycles. The third kappa shape index (κ3) is 5.59. The molecule has 4 rings (SSSR count). The number of hydrogen-bond donors (Lipinski definition) is 0. The lowest BCUT2D eigenvalue weighted by Gasteiger charge is -2.35. The monoisotopic (exact) mass is 547 g/mol. The molecular formula is C28H35F2N3O2S2. The second kappa shape index (κ2) is 10.8. The van der Waals surface area contributed by atoms with Crippen LogP contribution in [0.5, 0.6) is 0 Å². The maximum atomic E-state index is 14.0. The fraction of sp³-hybridized carbons (Fsp3) is 0.464. The van der Waals surface area contributed by atoms with E-state index in [-0.39, 0.29) is 11.8 Å². The summed E-state index contributed by atoms with van der Waals surface area (Å²) < 4.78 is 56.6. The van der Waals surface area contributed by atoms with Gasteiger partial charge < -0.3 is 4.90 Å². The molecule has 37 heavy (non-hydrogen) atoms. The number of hydrogen-bond acceptors (Lipinski definition) is 5. The predicted octanol–water partition coefficient (Wildman–Crippen LogP) is 6.97. The SMILES string of the molecule is CC(C)c1cc(C(C)C)c(S(=O)(=O)N2CCN(c3nc(-c4ccc(F)c(F)c4)cs3)CC2)c(C(C)C)c1. The van der Waals surface area contributed by atoms with E-state index in [0.29, 0.717) is 48.2 Å². The van der Waals surface area contributed by atoms with E-state index in [4.69, 9.17) is 0 Å². The molecule has 2 aromatic carbocycles. The maximum absolute atomic E-state index is 14.0. The lowest BCUT2D eigenvalue weighted by Crippen LogP contribution is -2.49. The molecule has 1 fully saturated rings. The van der Waals surface area contributed by atoms with Crippen LogP contribution in [0.4, 0.5) is 13.9 Å². The molecule has 0 unspecified atom stereocenters. The Hall–Kier alpha value is -2.36. The minimum atomic E-state index is -3.70. The normalized spacial score (nSPS) is 15.4. The van der Waals surface area contributed by atoms with Crippen LogP contribution in [0.2, 0.25) is 0 Å². The van der Waals surface area contributed by atoms with Crippen molar-refractivity contribution in [2.75, 3.05) is 31.1 Å². The van der Waals surface area contributed by atoms with Gasteiger partial charge in [-0.3, -0.25) is 0 Å². The smallest absolute Gasteiger partial charge is 0.243 e. The summed E-state index contributed by atoms with van der Waals surface area (Å²) in [5.41, 5.74) is 4.01. The second-order valence-electron chi connectivity index (χ2n) is 10.5. The fourth-order valence-corrected chi connectivity index (χ4v) is 7.61. The summed E-state index contributed by atoms with van der Waals surface area (Å²) in [6.07, 6.45) is 0. The Balaban J connectivity index is 1.58. The fourth-order valence-electron chi connectivity index (χ4n) is 4.63. The highest BCUT2D eigenvalue weighted by atomic mass is 32.2. The van der Waals surface area contributed by atoms with E-state index in [9.17, 15) is 17.2 Å². The van der Waals surface area contributed by atoms with Crippen molar-refractivity contribution in [1.82, 2.24) is 9.29 Å². The van der Waals surface area contributed by atoms with Gasteiger partial charge in [0.05, 0.1) is 10.6 Å². The lowest BCUT2D eigenvalue weighted by atomic mass is 9.89. The van der Waals surface area contributed by atoms with Gasteiger partial charge in [-0.05, 0) is 52.6 Å². The number of benzene rings is 2. The van der Waals surface area contributed by atoms with Gasteiger partial charge in [-0.1, -0.05) is 53.7 Å². The van der Waals surface area contributed by atoms with Gasteiger partial charge in [-0.2, -0.15) is 4.31 Å². The molecule has 1 aliphatic rings. The summed E-state index contributed by atoms with van der Waals surface area (Å²) in [6.45, 7) is 14.2. The van der Waals surface area contributed by atoms with Crippen molar-refractivity contribution in [3.63, 3.8) is 0 Å². The number of nitrogens with zero attached hydrogens (tertiary/aromatic N) is 3. The molecule has 2 heterocycles. The van der Waals surface area contributed by atoms with Crippen LogP contribution in [-0.4, -0.2) is 43.9 Å². The van der Waals surface area contributed by atoms with E-state index in [1.807, 2.05) is 33.1 Å². The Morgan fingerprint density at radius 2 is 1.43 bits per heavy atom. The molecule has 1 saturated heterocycles. The van der Waals surface area contributed by atoms with Crippen LogP contribution in [0.3, 0.4) is 0 Å². The van der Waals surface area contributed by atoms with Gasteiger partial charge >= 0.3 is 0 Å². The lowest BCUT2D eigenvalue weighted by molar-refractivity contribution is 0.383. The second-order valence-corrected chi connectivity index (χ2v) is 13.2. The molecule has 9 heteroatoms. The van der Waals surface area contributed by atoms with Crippen LogP contribution in [0.25, 0.3) is 11.3 Å². The first-order chi connectivity index (χ1) is 17.4. The first-order valence-electron chi connectivity index (χ1n) is 12.7. The van der Waals surface area contributed by atoms with Crippen molar-refractivity contribution >= 4 is 26.5 Å². The van der Waals surface area contributed by atoms with Crippen molar-refractivity contribution in [2.24, 2.45) is 0 Å². The minimum Gasteiger partial charge on any atom is -0.345 e. The Morgan fingerprint density at radius 1 is 0.838 bits per heavy atom. The van der Waals surface area contributed by atoms with Crippen LogP contribution in [0.15, 0.2) is 40.6 Å². The van der Waals surface area contributed by atoms with Gasteiger partial charge in [0.1, 0.15) is 0 Å². The average molecular weight is 548 g/mol. The zero-order valence-electron chi connectivity index (χ0n) is 22.3. The van der Waals surface area contributed by atoms with E-state index in [2.05, 4.69) is 35.9 Å². The molecule has 0 amide bonds. The number of sulfonamides is 1. The molecule has 0 atom stereocenters. The van der Waals surface area contributed by atoms with Gasteiger partial charge in [0.2, 0.25) is 10.0 Å². The Kier molecular flexibility index (Phi) is 8.07. The van der Waals surface area contributed by atoms with Gasteiger partial charge in [0.15, 0.2) is 16.8 Å². The molecule has 200 valence electrons. The predicted molar refractivity (Wildman–Crippen MR) is 147 cm³/mol. The number of thiazole rings is 1. The maximum Gasteiger partial charge on any atom is 0.243 e. The van der Waals surface area contributed by atoms with Crippen LogP contribution in [0.1, 0.15) is 76.0 Å². The number of piperazine rings is 1. The number of aromatic nitrogens is 1. The Bertz CT molecular complexity index is 1350. The van der Waals surface area contributed by atoms with E-state index >= 15 is 0 Å². The first kappa shape index (κ1) is 27.7. The number of halogens is 2. The Labute approximate surface area is 223 Å². The molecule has 0 spiro atoms. The standard InChI is InChI=1S/C28H35F2N3O2S2/c1-17(2)21-13-22(18(3)4)27(23(14-21)19(5)6)37(34,35)33-11-9-32(10-12-33)28-31-26(16-36-28)20-7-8-24(29)25(30)15-20/h7-8,13-19H,9-12H2,1-6H3. The third-order valence-electron chi connectivity index (χ3n) is 6.89. The van der Waals surface area contributed by atoms with Crippen molar-refractivity contribution in [1.29, 1.82) is 0 Å². The molecule has 0 radical (unpaired) electrons. The average Bonchev–Trinajstić information content (AvgIpc) is 3.35. The van der Waals surface area contributed by atoms with Crippen molar-refractivity contribution in [3.8, 4) is 11.3 Å². The largest absolute Gasteiger partial charge is 0.345 e. The van der Waals surface area contributed by atoms with Crippen LogP contribution in [-0.2, 0) is 10.0 Å². The zero-order valence-corrected chi connectivity index (χ0v) is 23.9. The highest BCUT2D eigenvalue weighted by Gasteiger charge is 2.34. The topological polar surface area (TPSA) is 53.5 Å². The van der Waals surface area contributed by atoms with Gasteiger partial charge in [-0.25, -0.2) is 22.2 Å². The third-order valence-corrected chi connectivity index (χ3v) is 9.83. The molecule has 3 aromatic rings. The van der Waals surface area contributed by atoms with E-state index in [1.165, 1.54) is 17.4 Å². The zero-order chi connectivity index (χ0) is 27.1. The summed E-state index contributed by atoms with van der Waals surface area (Å²) in [5, 5.41) is 2.55. The summed E-state index contributed by atoms with van der Waals surface area (Å²) in [4.78, 5) is 7.12. The molecule has 5 nitrogen and oxygen atoms in total. The van der Waals surface area contributed by atoms with E-state index in [0.717, 1.165) is 34.0 Å². The minimum absolute atomic E-state index is 0.0762. The van der Waals surface area contributed by atoms with E-state index < -0.39 is 21.7 Å². The van der Waals surface area contributed by atoms with Gasteiger partial charge in [0.25, 0.3) is 0 Å². The summed E-state index contributed by atoms with van der Waals surface area (Å²) in [7, 11) is -3.70. The van der Waals surface area contributed by atoms with Crippen LogP contribution >= 0.6 is 11.3 Å². The molecule has 1 aliphatic heterocycles. The molecule has 0 N–H and O–H groups in total. The number of rotatable bonds is 7. The summed E-state index contributed by atoms with van der Waals surface area (Å²) in [5.74, 6) is -1.34. The van der Waals surface area contributed by atoms with E-state index in [1.54, 1.807) is 4.31 Å². The number of anilines is 1.